The van der Waals surface area contributed by atoms with Crippen LogP contribution in [0, 0.1) is 0 Å². The van der Waals surface area contributed by atoms with Crippen LogP contribution >= 0.6 is 22.6 Å². The van der Waals surface area contributed by atoms with E-state index in [0.717, 1.165) is 11.9 Å². The molecule has 2 nitrogen and oxygen atoms in total. The van der Waals surface area contributed by atoms with E-state index in [0.29, 0.717) is 6.42 Å². The van der Waals surface area contributed by atoms with Crippen LogP contribution in [-0.2, 0) is 9.22 Å². The van der Waals surface area contributed by atoms with Crippen LogP contribution in [0.2, 0.25) is 18.1 Å². The summed E-state index contributed by atoms with van der Waals surface area (Å²) in [5.74, 6) is 0. The number of aldehydes is 1. The van der Waals surface area contributed by atoms with Gasteiger partial charge in [-0.25, -0.2) is 0 Å². The van der Waals surface area contributed by atoms with Crippen LogP contribution in [0.4, 0.5) is 0 Å². The minimum atomic E-state index is -1.79. The highest BCUT2D eigenvalue weighted by Crippen LogP contribution is 2.38. The Bertz CT molecular complexity index is 267. The van der Waals surface area contributed by atoms with Crippen molar-refractivity contribution in [2.24, 2.45) is 0 Å². The smallest absolute Gasteiger partial charge is 0.192 e. The summed E-state index contributed by atoms with van der Waals surface area (Å²) in [6, 6.07) is 0. The maximum Gasteiger partial charge on any atom is 0.192 e. The summed E-state index contributed by atoms with van der Waals surface area (Å²) in [5, 5.41) is 0.180. The maximum atomic E-state index is 10.7. The number of rotatable bonds is 5. The molecule has 94 valence electrons. The third-order valence-electron chi connectivity index (χ3n) is 3.23. The Kier molecular flexibility index (Phi) is 6.43. The van der Waals surface area contributed by atoms with Crippen LogP contribution in [0.5, 0.6) is 0 Å². The SMILES string of the molecule is CC(=CI)[C@H](CC=O)O[Si](C)(C)C(C)(C)C. The predicted octanol–water partition coefficient (Wildman–Crippen LogP) is 4.30. The van der Waals surface area contributed by atoms with Gasteiger partial charge < -0.3 is 9.22 Å². The van der Waals surface area contributed by atoms with Crippen molar-refractivity contribution >= 4 is 37.2 Å². The monoisotopic (exact) mass is 354 g/mol. The second kappa shape index (κ2) is 6.30. The van der Waals surface area contributed by atoms with Gasteiger partial charge in [-0.05, 0) is 34.7 Å². The highest BCUT2D eigenvalue weighted by Gasteiger charge is 2.39. The second-order valence-electron chi connectivity index (χ2n) is 5.62. The van der Waals surface area contributed by atoms with Crippen LogP contribution in [-0.4, -0.2) is 20.7 Å². The first-order chi connectivity index (χ1) is 7.15. The number of carbonyl (C=O) groups excluding carboxylic acids is 1. The fourth-order valence-corrected chi connectivity index (χ4v) is 2.77. The summed E-state index contributed by atoms with van der Waals surface area (Å²) in [7, 11) is -1.79. The average molecular weight is 354 g/mol. The van der Waals surface area contributed by atoms with Crippen LogP contribution in [0.25, 0.3) is 0 Å². The highest BCUT2D eigenvalue weighted by molar-refractivity contribution is 14.1. The molecule has 0 rings (SSSR count). The maximum absolute atomic E-state index is 10.7. The van der Waals surface area contributed by atoms with Crippen LogP contribution in [0.1, 0.15) is 34.1 Å². The minimum absolute atomic E-state index is 0.0460. The summed E-state index contributed by atoms with van der Waals surface area (Å²) in [4.78, 5) is 10.7. The average Bonchev–Trinajstić information content (AvgIpc) is 2.14. The van der Waals surface area contributed by atoms with Crippen molar-refractivity contribution in [3.05, 3.63) is 9.66 Å². The fourth-order valence-electron chi connectivity index (χ4n) is 1.02. The lowest BCUT2D eigenvalue weighted by Gasteiger charge is -2.39. The van der Waals surface area contributed by atoms with E-state index in [4.69, 9.17) is 4.43 Å². The molecule has 0 unspecified atom stereocenters. The first-order valence-electron chi connectivity index (χ1n) is 5.54. The molecule has 0 saturated carbocycles. The Hall–Kier alpha value is 0.317. The minimum Gasteiger partial charge on any atom is -0.410 e. The molecule has 16 heavy (non-hydrogen) atoms. The molecular weight excluding hydrogens is 331 g/mol. The fraction of sp³-hybridized carbons (Fsp3) is 0.750. The Morgan fingerprint density at radius 3 is 2.25 bits per heavy atom. The molecule has 0 aliphatic heterocycles. The molecule has 4 heteroatoms. The quantitative estimate of drug-likeness (QED) is 0.418. The van der Waals surface area contributed by atoms with E-state index < -0.39 is 8.32 Å². The second-order valence-corrected chi connectivity index (χ2v) is 11.0. The zero-order valence-electron chi connectivity index (χ0n) is 11.1. The van der Waals surface area contributed by atoms with Gasteiger partial charge in [0.2, 0.25) is 0 Å². The lowest BCUT2D eigenvalue weighted by atomic mass is 10.1. The number of carbonyl (C=O) groups is 1. The summed E-state index contributed by atoms with van der Waals surface area (Å²) in [6.45, 7) is 13.1. The first kappa shape index (κ1) is 16.3. The molecule has 0 spiro atoms. The van der Waals surface area contributed by atoms with Gasteiger partial charge in [-0.2, -0.15) is 0 Å². The van der Waals surface area contributed by atoms with E-state index in [1.54, 1.807) is 0 Å². The van der Waals surface area contributed by atoms with E-state index in [1.165, 1.54) is 0 Å². The van der Waals surface area contributed by atoms with Crippen molar-refractivity contribution in [1.29, 1.82) is 0 Å². The van der Waals surface area contributed by atoms with Gasteiger partial charge in [0.15, 0.2) is 8.32 Å². The Labute approximate surface area is 114 Å². The lowest BCUT2D eigenvalue weighted by Crippen LogP contribution is -2.44. The summed E-state index contributed by atoms with van der Waals surface area (Å²) in [6.07, 6.45) is 1.36. The van der Waals surface area contributed by atoms with Gasteiger partial charge >= 0.3 is 0 Å². The molecule has 0 heterocycles. The molecule has 0 N–H and O–H groups in total. The van der Waals surface area contributed by atoms with Gasteiger partial charge in [-0.3, -0.25) is 0 Å². The molecule has 1 atom stereocenters. The summed E-state index contributed by atoms with van der Waals surface area (Å²) >= 11 is 2.20. The van der Waals surface area contributed by atoms with E-state index in [-0.39, 0.29) is 11.1 Å². The van der Waals surface area contributed by atoms with E-state index in [2.05, 4.69) is 56.5 Å². The van der Waals surface area contributed by atoms with E-state index in [1.807, 2.05) is 11.0 Å². The van der Waals surface area contributed by atoms with Crippen molar-refractivity contribution in [3.63, 3.8) is 0 Å². The largest absolute Gasteiger partial charge is 0.410 e. The number of hydrogen-bond donors (Lipinski definition) is 0. The molecular formula is C12H23IO2Si. The topological polar surface area (TPSA) is 26.3 Å². The van der Waals surface area contributed by atoms with Crippen LogP contribution < -0.4 is 0 Å². The Morgan fingerprint density at radius 2 is 1.94 bits per heavy atom. The summed E-state index contributed by atoms with van der Waals surface area (Å²) in [5.41, 5.74) is 1.14. The van der Waals surface area contributed by atoms with E-state index >= 15 is 0 Å². The third kappa shape index (κ3) is 4.67. The van der Waals surface area contributed by atoms with Crippen molar-refractivity contribution in [3.8, 4) is 0 Å². The molecule has 0 bridgehead atoms. The van der Waals surface area contributed by atoms with Gasteiger partial charge in [0.25, 0.3) is 0 Å². The number of hydrogen-bond acceptors (Lipinski definition) is 2. The lowest BCUT2D eigenvalue weighted by molar-refractivity contribution is -0.109. The molecule has 0 aromatic heterocycles. The molecule has 0 aromatic rings. The molecule has 0 aliphatic rings. The summed E-state index contributed by atoms with van der Waals surface area (Å²) < 4.78 is 8.23. The molecule has 0 amide bonds. The van der Waals surface area contributed by atoms with Crippen molar-refractivity contribution in [1.82, 2.24) is 0 Å². The molecule has 0 saturated heterocycles. The van der Waals surface area contributed by atoms with Gasteiger partial charge in [-0.15, -0.1) is 0 Å². The zero-order valence-corrected chi connectivity index (χ0v) is 14.3. The van der Waals surface area contributed by atoms with Crippen molar-refractivity contribution < 1.29 is 9.22 Å². The van der Waals surface area contributed by atoms with Crippen LogP contribution in [0.15, 0.2) is 9.66 Å². The Balaban J connectivity index is 4.82. The zero-order chi connectivity index (χ0) is 13.0. The Morgan fingerprint density at radius 1 is 1.44 bits per heavy atom. The molecule has 0 aromatic carbocycles. The number of halogens is 1. The third-order valence-corrected chi connectivity index (χ3v) is 8.70. The standard InChI is InChI=1S/C12H23IO2Si/c1-10(9-13)11(7-8-14)15-16(5,6)12(2,3)4/h8-9,11H,7H2,1-6H3/t11-/m0/s1. The van der Waals surface area contributed by atoms with Gasteiger partial charge in [0.05, 0.1) is 6.10 Å². The molecule has 0 fully saturated rings. The van der Waals surface area contributed by atoms with Crippen molar-refractivity contribution in [2.75, 3.05) is 0 Å². The first-order valence-corrected chi connectivity index (χ1v) is 9.69. The van der Waals surface area contributed by atoms with Crippen LogP contribution in [0.3, 0.4) is 0 Å². The highest BCUT2D eigenvalue weighted by atomic mass is 127. The van der Waals surface area contributed by atoms with Gasteiger partial charge in [0.1, 0.15) is 6.29 Å². The molecule has 0 radical (unpaired) electrons. The van der Waals surface area contributed by atoms with E-state index in [9.17, 15) is 4.79 Å². The molecule has 0 aliphatic carbocycles. The van der Waals surface area contributed by atoms with Gasteiger partial charge in [-0.1, -0.05) is 43.4 Å². The normalized spacial score (nSPS) is 16.1. The van der Waals surface area contributed by atoms with Gasteiger partial charge in [0, 0.05) is 6.42 Å². The predicted molar refractivity (Wildman–Crippen MR) is 80.5 cm³/mol. The van der Waals surface area contributed by atoms with Crippen molar-refractivity contribution in [2.45, 2.75) is 58.4 Å².